The van der Waals surface area contributed by atoms with Crippen molar-refractivity contribution in [3.05, 3.63) is 11.9 Å². The van der Waals surface area contributed by atoms with Crippen molar-refractivity contribution in [1.82, 2.24) is 14.8 Å². The van der Waals surface area contributed by atoms with Crippen LogP contribution in [0.2, 0.25) is 0 Å². The number of hydrogen-bond donors (Lipinski definition) is 1. The second-order valence-corrected chi connectivity index (χ2v) is 1.94. The van der Waals surface area contributed by atoms with Crippen LogP contribution in [0.15, 0.2) is 6.08 Å². The average molecular weight is 138 g/mol. The minimum atomic E-state index is 0.426. The maximum absolute atomic E-state index is 5.47. The zero-order valence-electron chi connectivity index (χ0n) is 6.07. The molecule has 0 saturated heterocycles. The van der Waals surface area contributed by atoms with Gasteiger partial charge in [-0.15, -0.1) is 0 Å². The van der Waals surface area contributed by atoms with Gasteiger partial charge in [-0.2, -0.15) is 10.1 Å². The minimum absolute atomic E-state index is 0.426. The number of nitrogens with two attached hydrogens (primary N) is 1. The predicted molar refractivity (Wildman–Crippen MR) is 40.2 cm³/mol. The van der Waals surface area contributed by atoms with Crippen LogP contribution in [0, 0.1) is 6.92 Å². The van der Waals surface area contributed by atoms with Gasteiger partial charge in [0.05, 0.1) is 0 Å². The molecule has 0 amide bonds. The van der Waals surface area contributed by atoms with Crippen molar-refractivity contribution >= 4 is 12.1 Å². The molecule has 0 fully saturated rings. The van der Waals surface area contributed by atoms with E-state index in [4.69, 9.17) is 5.73 Å². The molecule has 1 rings (SSSR count). The quantitative estimate of drug-likeness (QED) is 0.620. The Balaban J connectivity index is 3.03. The number of anilines is 1. The third kappa shape index (κ3) is 1.15. The molecule has 0 spiro atoms. The molecule has 1 heterocycles. The van der Waals surface area contributed by atoms with Gasteiger partial charge in [0.1, 0.15) is 5.82 Å². The molecular formula is C6H10N4. The van der Waals surface area contributed by atoms with E-state index in [1.165, 1.54) is 4.68 Å². The van der Waals surface area contributed by atoms with E-state index in [2.05, 4.69) is 10.1 Å². The van der Waals surface area contributed by atoms with Crippen LogP contribution >= 0.6 is 0 Å². The summed E-state index contributed by atoms with van der Waals surface area (Å²) in [4.78, 5) is 3.91. The zero-order chi connectivity index (χ0) is 7.56. The summed E-state index contributed by atoms with van der Waals surface area (Å²) in [6.45, 7) is 3.70. The third-order valence-electron chi connectivity index (χ3n) is 1.05. The lowest BCUT2D eigenvalue weighted by atomic mass is 10.7. The van der Waals surface area contributed by atoms with Crippen molar-refractivity contribution in [1.29, 1.82) is 0 Å². The summed E-state index contributed by atoms with van der Waals surface area (Å²) in [5.41, 5.74) is 5.47. The van der Waals surface area contributed by atoms with E-state index in [9.17, 15) is 0 Å². The molecule has 0 aliphatic heterocycles. The van der Waals surface area contributed by atoms with Crippen molar-refractivity contribution in [2.75, 3.05) is 5.73 Å². The summed E-state index contributed by atoms with van der Waals surface area (Å²) < 4.78 is 1.54. The molecule has 0 unspecified atom stereocenters. The highest BCUT2D eigenvalue weighted by atomic mass is 15.4. The Morgan fingerprint density at radius 3 is 2.70 bits per heavy atom. The standard InChI is InChI=1S/C6H10N4/c1-3-4-10-6(7)8-5(2)9-10/h3-4H,1-2H3,(H2,7,8,9)/b4-3-. The fourth-order valence-corrected chi connectivity index (χ4v) is 0.697. The molecule has 0 bridgehead atoms. The van der Waals surface area contributed by atoms with Crippen LogP contribution in [0.25, 0.3) is 6.20 Å². The van der Waals surface area contributed by atoms with Crippen LogP contribution in [0.1, 0.15) is 12.7 Å². The van der Waals surface area contributed by atoms with E-state index in [0.717, 1.165) is 0 Å². The number of rotatable bonds is 1. The van der Waals surface area contributed by atoms with Crippen LogP contribution in [0.5, 0.6) is 0 Å². The molecule has 1 aromatic heterocycles. The lowest BCUT2D eigenvalue weighted by molar-refractivity contribution is 0.918. The van der Waals surface area contributed by atoms with Crippen molar-refractivity contribution in [3.8, 4) is 0 Å². The third-order valence-corrected chi connectivity index (χ3v) is 1.05. The molecule has 10 heavy (non-hydrogen) atoms. The highest BCUT2D eigenvalue weighted by molar-refractivity contribution is 5.31. The van der Waals surface area contributed by atoms with Gasteiger partial charge in [-0.05, 0) is 13.8 Å². The Kier molecular flexibility index (Phi) is 1.71. The van der Waals surface area contributed by atoms with Crippen molar-refractivity contribution < 1.29 is 0 Å². The highest BCUT2D eigenvalue weighted by Crippen LogP contribution is 1.98. The Bertz CT molecular complexity index is 248. The smallest absolute Gasteiger partial charge is 0.223 e. The van der Waals surface area contributed by atoms with E-state index in [0.29, 0.717) is 11.8 Å². The second-order valence-electron chi connectivity index (χ2n) is 1.94. The molecule has 54 valence electrons. The SMILES string of the molecule is C/C=C\n1nc(C)nc1N. The normalized spacial score (nSPS) is 11.0. The monoisotopic (exact) mass is 138 g/mol. The molecule has 0 aromatic carbocycles. The van der Waals surface area contributed by atoms with Gasteiger partial charge in [0.25, 0.3) is 0 Å². The lowest BCUT2D eigenvalue weighted by Gasteiger charge is -1.89. The molecular weight excluding hydrogens is 128 g/mol. The van der Waals surface area contributed by atoms with Crippen LogP contribution in [0.4, 0.5) is 5.95 Å². The van der Waals surface area contributed by atoms with Gasteiger partial charge in [-0.25, -0.2) is 4.68 Å². The first-order chi connectivity index (χ1) is 4.74. The van der Waals surface area contributed by atoms with Gasteiger partial charge in [-0.3, -0.25) is 0 Å². The molecule has 0 aliphatic rings. The van der Waals surface area contributed by atoms with Gasteiger partial charge >= 0.3 is 0 Å². The van der Waals surface area contributed by atoms with Crippen LogP contribution in [-0.4, -0.2) is 14.8 Å². The van der Waals surface area contributed by atoms with Gasteiger partial charge < -0.3 is 5.73 Å². The zero-order valence-corrected chi connectivity index (χ0v) is 6.07. The van der Waals surface area contributed by atoms with Gasteiger partial charge in [0.2, 0.25) is 5.95 Å². The van der Waals surface area contributed by atoms with Crippen LogP contribution in [-0.2, 0) is 0 Å². The number of hydrogen-bond acceptors (Lipinski definition) is 3. The average Bonchev–Trinajstić information content (AvgIpc) is 2.13. The van der Waals surface area contributed by atoms with Crippen LogP contribution in [0.3, 0.4) is 0 Å². The topological polar surface area (TPSA) is 56.7 Å². The molecule has 4 heteroatoms. The van der Waals surface area contributed by atoms with E-state index < -0.39 is 0 Å². The highest BCUT2D eigenvalue weighted by Gasteiger charge is 1.96. The summed E-state index contributed by atoms with van der Waals surface area (Å²) >= 11 is 0. The summed E-state index contributed by atoms with van der Waals surface area (Å²) in [7, 11) is 0. The van der Waals surface area contributed by atoms with Gasteiger partial charge in [0, 0.05) is 6.20 Å². The molecule has 0 radical (unpaired) electrons. The largest absolute Gasteiger partial charge is 0.368 e. The van der Waals surface area contributed by atoms with Crippen molar-refractivity contribution in [3.63, 3.8) is 0 Å². The Hall–Kier alpha value is -1.32. The maximum Gasteiger partial charge on any atom is 0.223 e. The summed E-state index contributed by atoms with van der Waals surface area (Å²) in [5.74, 6) is 1.12. The Morgan fingerprint density at radius 2 is 2.30 bits per heavy atom. The summed E-state index contributed by atoms with van der Waals surface area (Å²) in [6, 6.07) is 0. The first-order valence-electron chi connectivity index (χ1n) is 3.05. The Morgan fingerprint density at radius 1 is 1.60 bits per heavy atom. The van der Waals surface area contributed by atoms with Gasteiger partial charge in [0.15, 0.2) is 0 Å². The van der Waals surface area contributed by atoms with Gasteiger partial charge in [-0.1, -0.05) is 6.08 Å². The number of nitrogen functional groups attached to an aromatic ring is 1. The Labute approximate surface area is 59.4 Å². The lowest BCUT2D eigenvalue weighted by Crippen LogP contribution is -1.96. The van der Waals surface area contributed by atoms with E-state index in [1.54, 1.807) is 13.1 Å². The second kappa shape index (κ2) is 2.51. The fourth-order valence-electron chi connectivity index (χ4n) is 0.697. The fraction of sp³-hybridized carbons (Fsp3) is 0.333. The van der Waals surface area contributed by atoms with Crippen molar-refractivity contribution in [2.24, 2.45) is 0 Å². The van der Waals surface area contributed by atoms with E-state index >= 15 is 0 Å². The molecule has 0 atom stereocenters. The number of allylic oxidation sites excluding steroid dienone is 1. The van der Waals surface area contributed by atoms with Crippen LogP contribution < -0.4 is 5.73 Å². The maximum atomic E-state index is 5.47. The summed E-state index contributed by atoms with van der Waals surface area (Å²) in [6.07, 6.45) is 3.61. The summed E-state index contributed by atoms with van der Waals surface area (Å²) in [5, 5.41) is 3.99. The van der Waals surface area contributed by atoms with E-state index in [1.807, 2.05) is 13.0 Å². The molecule has 2 N–H and O–H groups in total. The molecule has 0 aliphatic carbocycles. The first kappa shape index (κ1) is 6.80. The molecule has 1 aromatic rings. The van der Waals surface area contributed by atoms with E-state index in [-0.39, 0.29) is 0 Å². The number of aryl methyl sites for hydroxylation is 1. The van der Waals surface area contributed by atoms with Crippen molar-refractivity contribution in [2.45, 2.75) is 13.8 Å². The minimum Gasteiger partial charge on any atom is -0.368 e. The number of nitrogens with zero attached hydrogens (tertiary/aromatic N) is 3. The first-order valence-corrected chi connectivity index (χ1v) is 3.05. The number of aromatic nitrogens is 3. The predicted octanol–water partition coefficient (Wildman–Crippen LogP) is 0.659. The molecule has 0 saturated carbocycles. The molecule has 4 nitrogen and oxygen atoms in total.